The fourth-order valence-corrected chi connectivity index (χ4v) is 5.89. The molecule has 2 aromatic carbocycles. The topological polar surface area (TPSA) is 97.4 Å². The van der Waals surface area contributed by atoms with Gasteiger partial charge in [0.15, 0.2) is 0 Å². The van der Waals surface area contributed by atoms with Crippen LogP contribution in [0.3, 0.4) is 0 Å². The van der Waals surface area contributed by atoms with E-state index in [1.165, 1.54) is 36.9 Å². The van der Waals surface area contributed by atoms with Gasteiger partial charge in [-0.2, -0.15) is 13.2 Å². The Hall–Kier alpha value is -3.51. The fraction of sp³-hybridized carbons (Fsp3) is 0.483. The van der Waals surface area contributed by atoms with Gasteiger partial charge in [-0.25, -0.2) is 14.8 Å². The summed E-state index contributed by atoms with van der Waals surface area (Å²) in [6.45, 7) is 8.34. The van der Waals surface area contributed by atoms with Gasteiger partial charge in [0, 0.05) is 35.9 Å². The number of benzene rings is 2. The van der Waals surface area contributed by atoms with Crippen LogP contribution in [0, 0.1) is 0 Å². The van der Waals surface area contributed by atoms with E-state index in [1.807, 2.05) is 24.5 Å². The Kier molecular flexibility index (Phi) is 8.84. The molecular formula is C29H34ClF3N6O3. The second-order valence-corrected chi connectivity index (χ2v) is 11.3. The third-order valence-corrected chi connectivity index (χ3v) is 7.91. The van der Waals surface area contributed by atoms with Crippen molar-refractivity contribution in [3.05, 3.63) is 47.5 Å². The molecule has 1 aliphatic heterocycles. The van der Waals surface area contributed by atoms with Gasteiger partial charge in [-0.15, -0.1) is 0 Å². The lowest BCUT2D eigenvalue weighted by Gasteiger charge is -2.29. The molecule has 0 amide bonds. The van der Waals surface area contributed by atoms with E-state index >= 15 is 0 Å². The molecule has 3 heterocycles. The number of fused-ring (bicyclic) bond motifs is 2. The van der Waals surface area contributed by atoms with Crippen molar-refractivity contribution in [1.82, 2.24) is 19.1 Å². The Balaban J connectivity index is 0.000000451. The molecule has 42 heavy (non-hydrogen) atoms. The number of halogens is 4. The average Bonchev–Trinajstić information content (AvgIpc) is 3.70. The van der Waals surface area contributed by atoms with Gasteiger partial charge >= 0.3 is 12.1 Å². The first kappa shape index (κ1) is 30.0. The van der Waals surface area contributed by atoms with Gasteiger partial charge in [-0.05, 0) is 57.0 Å². The second kappa shape index (κ2) is 12.4. The molecule has 0 radical (unpaired) electrons. The summed E-state index contributed by atoms with van der Waals surface area (Å²) in [5.41, 5.74) is 6.57. The van der Waals surface area contributed by atoms with Crippen LogP contribution < -0.4 is 10.2 Å². The summed E-state index contributed by atoms with van der Waals surface area (Å²) in [5, 5.41) is 11.6. The summed E-state index contributed by atoms with van der Waals surface area (Å²) in [5.74, 6) is -1.76. The van der Waals surface area contributed by atoms with Crippen molar-refractivity contribution in [2.75, 3.05) is 36.5 Å². The number of carboxylic acids is 1. The van der Waals surface area contributed by atoms with E-state index in [-0.39, 0.29) is 6.04 Å². The zero-order valence-electron chi connectivity index (χ0n) is 23.5. The first-order valence-corrected chi connectivity index (χ1v) is 14.4. The van der Waals surface area contributed by atoms with E-state index in [2.05, 4.69) is 45.3 Å². The van der Waals surface area contributed by atoms with E-state index in [0.29, 0.717) is 12.6 Å². The van der Waals surface area contributed by atoms with Crippen LogP contribution in [0.4, 0.5) is 24.5 Å². The van der Waals surface area contributed by atoms with E-state index in [9.17, 15) is 13.2 Å². The van der Waals surface area contributed by atoms with Gasteiger partial charge < -0.3 is 29.2 Å². The number of morpholine rings is 1. The number of hydrogen-bond acceptors (Lipinski definition) is 6. The molecular weight excluding hydrogens is 573 g/mol. The second-order valence-electron chi connectivity index (χ2n) is 10.8. The molecule has 2 aromatic heterocycles. The highest BCUT2D eigenvalue weighted by Gasteiger charge is 2.38. The van der Waals surface area contributed by atoms with Gasteiger partial charge in [0.25, 0.3) is 0 Å². The summed E-state index contributed by atoms with van der Waals surface area (Å²) < 4.78 is 42.0. The largest absolute Gasteiger partial charge is 0.490 e. The van der Waals surface area contributed by atoms with Crippen molar-refractivity contribution in [2.24, 2.45) is 0 Å². The van der Waals surface area contributed by atoms with Crippen LogP contribution in [0.1, 0.15) is 57.4 Å². The van der Waals surface area contributed by atoms with Crippen LogP contribution in [-0.2, 0) is 16.1 Å². The van der Waals surface area contributed by atoms with Crippen LogP contribution >= 0.6 is 11.6 Å². The minimum Gasteiger partial charge on any atom is -0.475 e. The van der Waals surface area contributed by atoms with Crippen molar-refractivity contribution in [3.8, 4) is 0 Å². The quantitative estimate of drug-likeness (QED) is 0.249. The number of anilines is 2. The normalized spacial score (nSPS) is 16.3. The molecule has 1 aliphatic carbocycles. The number of nitrogens with zero attached hydrogens (tertiary/aromatic N) is 5. The predicted molar refractivity (Wildman–Crippen MR) is 156 cm³/mol. The molecule has 13 heteroatoms. The Bertz CT molecular complexity index is 1560. The van der Waals surface area contributed by atoms with Gasteiger partial charge in [0.1, 0.15) is 11.3 Å². The number of hydrogen-bond donors (Lipinski definition) is 2. The van der Waals surface area contributed by atoms with Crippen molar-refractivity contribution < 1.29 is 27.8 Å². The van der Waals surface area contributed by atoms with Crippen molar-refractivity contribution in [3.63, 3.8) is 0 Å². The highest BCUT2D eigenvalue weighted by molar-refractivity contribution is 6.31. The maximum absolute atomic E-state index is 10.6. The van der Waals surface area contributed by atoms with Gasteiger partial charge in [0.05, 0.1) is 48.3 Å². The van der Waals surface area contributed by atoms with Crippen LogP contribution in [0.15, 0.2) is 36.7 Å². The van der Waals surface area contributed by atoms with Crippen LogP contribution in [0.25, 0.3) is 22.1 Å². The summed E-state index contributed by atoms with van der Waals surface area (Å²) in [4.78, 5) is 21.1. The number of imidazole rings is 2. The van der Waals surface area contributed by atoms with E-state index in [0.717, 1.165) is 59.4 Å². The molecule has 2 N–H and O–H groups in total. The molecule has 9 nitrogen and oxygen atoms in total. The molecule has 0 atom stereocenters. The Morgan fingerprint density at radius 3 is 2.48 bits per heavy atom. The lowest BCUT2D eigenvalue weighted by atomic mass is 10.1. The lowest BCUT2D eigenvalue weighted by Crippen LogP contribution is -2.36. The number of alkyl halides is 3. The number of nitrogens with one attached hydrogen (secondary N) is 1. The van der Waals surface area contributed by atoms with Gasteiger partial charge in [0.2, 0.25) is 0 Å². The Labute approximate surface area is 246 Å². The lowest BCUT2D eigenvalue weighted by molar-refractivity contribution is -0.192. The summed E-state index contributed by atoms with van der Waals surface area (Å²) in [6, 6.07) is 11.3. The molecule has 2 aliphatic rings. The number of ether oxygens (including phenoxy) is 1. The van der Waals surface area contributed by atoms with Crippen molar-refractivity contribution in [1.29, 1.82) is 0 Å². The zero-order valence-corrected chi connectivity index (χ0v) is 24.3. The van der Waals surface area contributed by atoms with Crippen LogP contribution in [-0.4, -0.2) is 62.7 Å². The third kappa shape index (κ3) is 6.44. The molecule has 0 bridgehead atoms. The molecule has 1 saturated heterocycles. The molecule has 2 fully saturated rings. The summed E-state index contributed by atoms with van der Waals surface area (Å²) in [7, 11) is 0. The number of aliphatic carboxylic acids is 1. The molecule has 4 aromatic rings. The number of carboxylic acid groups (broad SMARTS) is 1. The molecule has 1 saturated carbocycles. The van der Waals surface area contributed by atoms with Crippen molar-refractivity contribution in [2.45, 2.75) is 64.3 Å². The highest BCUT2D eigenvalue weighted by Crippen LogP contribution is 2.36. The minimum absolute atomic E-state index is 0.275. The maximum atomic E-state index is 10.6. The molecule has 0 unspecified atom stereocenters. The molecule has 6 rings (SSSR count). The number of carbonyl (C=O) groups is 1. The standard InChI is InChI=1S/C27H33ClN6O.C2HF3O2/c1-18(2)34-24-13-19(28)7-8-22(24)31-26(34)16-29-23-14-21(32-9-11-35-12-10-32)15-25-27(23)30-17-33(25)20-5-3-4-6-20;3-2(4,5)1(6)7/h7-8,13-15,17-18,20,29H,3-6,9-12,16H2,1-2H3;(H,6,7). The fourth-order valence-electron chi connectivity index (χ4n) is 5.72. The SMILES string of the molecule is CC(C)n1c(CNc2cc(N3CCOCC3)cc3c2ncn3C2CCCC2)nc2ccc(Cl)cc21.O=C(O)C(F)(F)F. The van der Waals surface area contributed by atoms with E-state index in [4.69, 9.17) is 36.2 Å². The first-order chi connectivity index (χ1) is 20.0. The Morgan fingerprint density at radius 1 is 1.14 bits per heavy atom. The zero-order chi connectivity index (χ0) is 30.0. The molecule has 226 valence electrons. The van der Waals surface area contributed by atoms with Crippen LogP contribution in [0.2, 0.25) is 5.02 Å². The predicted octanol–water partition coefficient (Wildman–Crippen LogP) is 6.82. The first-order valence-electron chi connectivity index (χ1n) is 14.1. The number of rotatable bonds is 6. The Morgan fingerprint density at radius 2 is 1.83 bits per heavy atom. The third-order valence-electron chi connectivity index (χ3n) is 7.68. The molecule has 0 spiro atoms. The maximum Gasteiger partial charge on any atom is 0.490 e. The number of aromatic nitrogens is 4. The smallest absolute Gasteiger partial charge is 0.475 e. The van der Waals surface area contributed by atoms with Gasteiger partial charge in [-0.1, -0.05) is 24.4 Å². The van der Waals surface area contributed by atoms with Gasteiger partial charge in [-0.3, -0.25) is 0 Å². The monoisotopic (exact) mass is 606 g/mol. The van der Waals surface area contributed by atoms with Crippen LogP contribution in [0.5, 0.6) is 0 Å². The van der Waals surface area contributed by atoms with Crippen molar-refractivity contribution >= 4 is 51.0 Å². The minimum atomic E-state index is -5.08. The van der Waals surface area contributed by atoms with E-state index in [1.54, 1.807) is 0 Å². The summed E-state index contributed by atoms with van der Waals surface area (Å²) >= 11 is 6.31. The van der Waals surface area contributed by atoms with E-state index < -0.39 is 12.1 Å². The average molecular weight is 607 g/mol. The summed E-state index contributed by atoms with van der Waals surface area (Å²) in [6.07, 6.45) is 2.02. The highest BCUT2D eigenvalue weighted by atomic mass is 35.5.